The first kappa shape index (κ1) is 21.7. The zero-order valence-corrected chi connectivity index (χ0v) is 19.2. The number of hydrogen-bond acceptors (Lipinski definition) is 8. The lowest BCUT2D eigenvalue weighted by atomic mass is 9.94. The maximum atomic E-state index is 10.6. The van der Waals surface area contributed by atoms with Crippen LogP contribution in [0, 0.1) is 20.8 Å². The number of furan rings is 2. The molecule has 1 aliphatic heterocycles. The summed E-state index contributed by atoms with van der Waals surface area (Å²) in [6.45, 7) is 8.49. The Kier molecular flexibility index (Phi) is 5.95. The first-order chi connectivity index (χ1) is 16.0. The number of benzene rings is 1. The second kappa shape index (κ2) is 9.03. The molecule has 0 radical (unpaired) electrons. The average Bonchev–Trinajstić information content (AvgIpc) is 3.51. The second-order valence-electron chi connectivity index (χ2n) is 8.83. The minimum Gasteiger partial charge on any atom is -0.490 e. The molecule has 8 nitrogen and oxygen atoms in total. The monoisotopic (exact) mass is 451 g/mol. The maximum absolute atomic E-state index is 10.6. The van der Waals surface area contributed by atoms with Gasteiger partial charge < -0.3 is 28.0 Å². The highest BCUT2D eigenvalue weighted by Crippen LogP contribution is 2.33. The minimum atomic E-state index is -0.588. The summed E-state index contributed by atoms with van der Waals surface area (Å²) in [5.74, 6) is 4.51. The Balaban J connectivity index is 1.16. The van der Waals surface area contributed by atoms with Crippen LogP contribution in [0.1, 0.15) is 41.7 Å². The van der Waals surface area contributed by atoms with Crippen molar-refractivity contribution in [1.82, 2.24) is 15.1 Å². The molecule has 0 spiro atoms. The predicted octanol–water partition coefficient (Wildman–Crippen LogP) is 4.62. The van der Waals surface area contributed by atoms with Gasteiger partial charge in [-0.2, -0.15) is 0 Å². The molecule has 0 saturated carbocycles. The molecule has 0 unspecified atom stereocenters. The van der Waals surface area contributed by atoms with Crippen molar-refractivity contribution in [3.8, 4) is 17.4 Å². The van der Waals surface area contributed by atoms with E-state index in [1.54, 1.807) is 6.92 Å². The van der Waals surface area contributed by atoms with Crippen LogP contribution >= 0.6 is 0 Å². The number of hydrogen-bond donors (Lipinski definition) is 1. The van der Waals surface area contributed by atoms with Crippen LogP contribution in [0.2, 0.25) is 0 Å². The quantitative estimate of drug-likeness (QED) is 0.435. The minimum absolute atomic E-state index is 0.204. The summed E-state index contributed by atoms with van der Waals surface area (Å²) in [4.78, 5) is 2.29. The van der Waals surface area contributed by atoms with Gasteiger partial charge in [0.15, 0.2) is 5.76 Å². The highest BCUT2D eigenvalue weighted by molar-refractivity contribution is 5.87. The summed E-state index contributed by atoms with van der Waals surface area (Å²) >= 11 is 0. The summed E-state index contributed by atoms with van der Waals surface area (Å²) in [7, 11) is 0. The van der Waals surface area contributed by atoms with Crippen LogP contribution in [0.25, 0.3) is 22.6 Å². The number of ether oxygens (including phenoxy) is 1. The van der Waals surface area contributed by atoms with E-state index in [0.717, 1.165) is 42.8 Å². The molecule has 0 bridgehead atoms. The van der Waals surface area contributed by atoms with Crippen molar-refractivity contribution in [2.45, 2.75) is 45.6 Å². The molecule has 1 atom stereocenters. The number of piperidine rings is 1. The molecule has 5 rings (SSSR count). The second-order valence-corrected chi connectivity index (χ2v) is 8.83. The lowest BCUT2D eigenvalue weighted by Crippen LogP contribution is -2.40. The van der Waals surface area contributed by atoms with Crippen molar-refractivity contribution in [3.05, 3.63) is 53.3 Å². The molecule has 0 amide bonds. The van der Waals surface area contributed by atoms with Gasteiger partial charge in [-0.3, -0.25) is 0 Å². The Bertz CT molecular complexity index is 1210. The SMILES string of the molecule is Cc1nnc(-c2cc3c(OC[C@@H](O)CN4CCC(c5cc(C)c(C)o5)CC4)cccc3o2)o1. The fourth-order valence-corrected chi connectivity index (χ4v) is 4.40. The lowest BCUT2D eigenvalue weighted by molar-refractivity contribution is 0.0589. The molecule has 1 fully saturated rings. The van der Waals surface area contributed by atoms with E-state index in [1.165, 1.54) is 5.56 Å². The van der Waals surface area contributed by atoms with Gasteiger partial charge in [0.05, 0.1) is 5.39 Å². The van der Waals surface area contributed by atoms with Crippen LogP contribution in [0.15, 0.2) is 43.6 Å². The van der Waals surface area contributed by atoms with Crippen molar-refractivity contribution in [2.75, 3.05) is 26.2 Å². The first-order valence-corrected chi connectivity index (χ1v) is 11.4. The van der Waals surface area contributed by atoms with E-state index >= 15 is 0 Å². The molecular formula is C25H29N3O5. The van der Waals surface area contributed by atoms with Crippen LogP contribution in [-0.2, 0) is 0 Å². The van der Waals surface area contributed by atoms with E-state index in [2.05, 4.69) is 28.1 Å². The van der Waals surface area contributed by atoms with Crippen LogP contribution < -0.4 is 4.74 Å². The Labute approximate surface area is 192 Å². The van der Waals surface area contributed by atoms with Crippen molar-refractivity contribution < 1.29 is 23.1 Å². The van der Waals surface area contributed by atoms with E-state index in [0.29, 0.717) is 41.3 Å². The van der Waals surface area contributed by atoms with Gasteiger partial charge in [-0.05, 0) is 63.5 Å². The van der Waals surface area contributed by atoms with Crippen molar-refractivity contribution in [1.29, 1.82) is 0 Å². The molecule has 174 valence electrons. The number of rotatable bonds is 7. The van der Waals surface area contributed by atoms with Gasteiger partial charge in [-0.1, -0.05) is 6.07 Å². The van der Waals surface area contributed by atoms with Gasteiger partial charge in [0.25, 0.3) is 5.89 Å². The molecular weight excluding hydrogens is 422 g/mol. The Morgan fingerprint density at radius 3 is 2.61 bits per heavy atom. The van der Waals surface area contributed by atoms with E-state index in [1.807, 2.05) is 31.2 Å². The third-order valence-electron chi connectivity index (χ3n) is 6.33. The van der Waals surface area contributed by atoms with Gasteiger partial charge in [-0.25, -0.2) is 0 Å². The normalized spacial score (nSPS) is 16.5. The molecule has 33 heavy (non-hydrogen) atoms. The topological polar surface area (TPSA) is 97.9 Å². The number of aliphatic hydroxyl groups is 1. The maximum Gasteiger partial charge on any atom is 0.283 e. The summed E-state index contributed by atoms with van der Waals surface area (Å²) in [6.07, 6.45) is 1.48. The smallest absolute Gasteiger partial charge is 0.283 e. The Morgan fingerprint density at radius 1 is 1.09 bits per heavy atom. The zero-order valence-electron chi connectivity index (χ0n) is 19.2. The van der Waals surface area contributed by atoms with Gasteiger partial charge in [0.2, 0.25) is 5.89 Å². The van der Waals surface area contributed by atoms with Crippen LogP contribution in [0.5, 0.6) is 5.75 Å². The standard InChI is InChI=1S/C25H29N3O5/c1-15-11-23(31-16(15)2)18-7-9-28(10-8-18)13-19(29)14-30-21-5-4-6-22-20(21)12-24(33-22)25-27-26-17(3)32-25/h4-6,11-12,18-19,29H,7-10,13-14H2,1-3H3/t19-/m0/s1. The number of fused-ring (bicyclic) bond motifs is 1. The van der Waals surface area contributed by atoms with E-state index in [4.69, 9.17) is 18.0 Å². The predicted molar refractivity (Wildman–Crippen MR) is 122 cm³/mol. The molecule has 3 aromatic heterocycles. The third-order valence-corrected chi connectivity index (χ3v) is 6.33. The highest BCUT2D eigenvalue weighted by atomic mass is 16.5. The number of aliphatic hydroxyl groups excluding tert-OH is 1. The van der Waals surface area contributed by atoms with Gasteiger partial charge in [0.1, 0.15) is 35.6 Å². The average molecular weight is 452 g/mol. The number of β-amino-alcohol motifs (C(OH)–C–C–N with tert-alkyl or cyclic N) is 1. The largest absolute Gasteiger partial charge is 0.490 e. The molecule has 4 heterocycles. The van der Waals surface area contributed by atoms with E-state index in [-0.39, 0.29) is 6.61 Å². The fraction of sp³-hybridized carbons (Fsp3) is 0.440. The summed E-state index contributed by atoms with van der Waals surface area (Å²) in [6, 6.07) is 9.58. The molecule has 4 aromatic rings. The summed E-state index contributed by atoms with van der Waals surface area (Å²) in [5, 5.41) is 19.3. The molecule has 1 N–H and O–H groups in total. The molecule has 1 aliphatic rings. The third kappa shape index (κ3) is 4.67. The summed E-state index contributed by atoms with van der Waals surface area (Å²) in [5.41, 5.74) is 1.88. The fourth-order valence-electron chi connectivity index (χ4n) is 4.40. The van der Waals surface area contributed by atoms with E-state index in [9.17, 15) is 5.11 Å². The van der Waals surface area contributed by atoms with Gasteiger partial charge in [0, 0.05) is 25.5 Å². The highest BCUT2D eigenvalue weighted by Gasteiger charge is 2.25. The number of aromatic nitrogens is 2. The molecule has 0 aliphatic carbocycles. The summed E-state index contributed by atoms with van der Waals surface area (Å²) < 4.78 is 23.2. The van der Waals surface area contributed by atoms with Crippen LogP contribution in [-0.4, -0.2) is 52.5 Å². The van der Waals surface area contributed by atoms with Gasteiger partial charge >= 0.3 is 0 Å². The van der Waals surface area contributed by atoms with Gasteiger partial charge in [-0.15, -0.1) is 10.2 Å². The van der Waals surface area contributed by atoms with Crippen molar-refractivity contribution in [2.24, 2.45) is 0 Å². The Morgan fingerprint density at radius 2 is 1.91 bits per heavy atom. The van der Waals surface area contributed by atoms with E-state index < -0.39 is 6.10 Å². The lowest BCUT2D eigenvalue weighted by Gasteiger charge is -2.32. The van der Waals surface area contributed by atoms with Crippen LogP contribution in [0.4, 0.5) is 0 Å². The zero-order chi connectivity index (χ0) is 22.9. The first-order valence-electron chi connectivity index (χ1n) is 11.4. The number of nitrogens with zero attached hydrogens (tertiary/aromatic N) is 3. The Hall–Kier alpha value is -3.10. The van der Waals surface area contributed by atoms with Crippen molar-refractivity contribution >= 4 is 11.0 Å². The number of likely N-dealkylation sites (tertiary alicyclic amines) is 1. The molecule has 1 aromatic carbocycles. The van der Waals surface area contributed by atoms with Crippen molar-refractivity contribution in [3.63, 3.8) is 0 Å². The molecule has 8 heteroatoms. The number of aryl methyl sites for hydroxylation is 3. The van der Waals surface area contributed by atoms with Crippen LogP contribution in [0.3, 0.4) is 0 Å². The molecule has 1 saturated heterocycles.